The van der Waals surface area contributed by atoms with Crippen molar-refractivity contribution >= 4 is 16.9 Å². The molecule has 1 amide bonds. The first kappa shape index (κ1) is 15.9. The largest absolute Gasteiger partial charge is 0.496 e. The Hall–Kier alpha value is -2.95. The molecule has 3 aromatic rings. The molecule has 24 heavy (non-hydrogen) atoms. The van der Waals surface area contributed by atoms with E-state index in [0.717, 1.165) is 16.7 Å². The standard InChI is InChI=1S/C19H19NO4/c1-20(12-14-7-4-5-9-15(14)22-2)19(21)17-11-13-8-6-10-16(23-3)18(13)24-17/h4-11H,12H2,1-3H3. The van der Waals surface area contributed by atoms with Crippen LogP contribution < -0.4 is 9.47 Å². The summed E-state index contributed by atoms with van der Waals surface area (Å²) in [5.41, 5.74) is 1.51. The number of ether oxygens (including phenoxy) is 2. The van der Waals surface area contributed by atoms with Gasteiger partial charge in [0.2, 0.25) is 0 Å². The minimum atomic E-state index is -0.195. The Labute approximate surface area is 140 Å². The Kier molecular flexibility index (Phi) is 4.42. The predicted octanol–water partition coefficient (Wildman–Crippen LogP) is 3.72. The molecule has 0 atom stereocenters. The molecule has 5 heteroatoms. The zero-order chi connectivity index (χ0) is 17.1. The van der Waals surface area contributed by atoms with E-state index in [2.05, 4.69) is 0 Å². The lowest BCUT2D eigenvalue weighted by Crippen LogP contribution is -2.26. The van der Waals surface area contributed by atoms with Gasteiger partial charge in [-0.15, -0.1) is 0 Å². The number of hydrogen-bond donors (Lipinski definition) is 0. The number of amides is 1. The third-order valence-electron chi connectivity index (χ3n) is 3.89. The van der Waals surface area contributed by atoms with Gasteiger partial charge in [-0.2, -0.15) is 0 Å². The number of fused-ring (bicyclic) bond motifs is 1. The summed E-state index contributed by atoms with van der Waals surface area (Å²) in [4.78, 5) is 14.3. The van der Waals surface area contributed by atoms with E-state index >= 15 is 0 Å². The van der Waals surface area contributed by atoms with Crippen LogP contribution in [0.1, 0.15) is 16.1 Å². The van der Waals surface area contributed by atoms with Crippen LogP contribution in [0.3, 0.4) is 0 Å². The fraction of sp³-hybridized carbons (Fsp3) is 0.211. The van der Waals surface area contributed by atoms with Crippen molar-refractivity contribution in [2.45, 2.75) is 6.54 Å². The summed E-state index contributed by atoms with van der Waals surface area (Å²) in [6.45, 7) is 0.428. The van der Waals surface area contributed by atoms with E-state index in [1.165, 1.54) is 0 Å². The average molecular weight is 325 g/mol. The van der Waals surface area contributed by atoms with E-state index in [0.29, 0.717) is 17.9 Å². The molecule has 2 aromatic carbocycles. The van der Waals surface area contributed by atoms with Gasteiger partial charge in [0.15, 0.2) is 17.1 Å². The molecule has 0 unspecified atom stereocenters. The average Bonchev–Trinajstić information content (AvgIpc) is 3.05. The van der Waals surface area contributed by atoms with E-state index in [4.69, 9.17) is 13.9 Å². The van der Waals surface area contributed by atoms with Crippen LogP contribution in [0.15, 0.2) is 52.9 Å². The Morgan fingerprint density at radius 2 is 1.75 bits per heavy atom. The van der Waals surface area contributed by atoms with Gasteiger partial charge in [-0.05, 0) is 18.2 Å². The van der Waals surface area contributed by atoms with Gasteiger partial charge in [0, 0.05) is 24.5 Å². The lowest BCUT2D eigenvalue weighted by atomic mass is 10.2. The number of carbonyl (C=O) groups is 1. The number of rotatable bonds is 5. The van der Waals surface area contributed by atoms with Crippen LogP contribution in [0.25, 0.3) is 11.0 Å². The van der Waals surface area contributed by atoms with Gasteiger partial charge in [0.1, 0.15) is 5.75 Å². The van der Waals surface area contributed by atoms with E-state index < -0.39 is 0 Å². The van der Waals surface area contributed by atoms with E-state index in [9.17, 15) is 4.79 Å². The van der Waals surface area contributed by atoms with E-state index in [1.807, 2.05) is 36.4 Å². The van der Waals surface area contributed by atoms with Gasteiger partial charge in [0.05, 0.1) is 14.2 Å². The third-order valence-corrected chi connectivity index (χ3v) is 3.89. The minimum absolute atomic E-state index is 0.195. The first-order valence-electron chi connectivity index (χ1n) is 7.58. The van der Waals surface area contributed by atoms with Crippen molar-refractivity contribution in [1.82, 2.24) is 4.90 Å². The lowest BCUT2D eigenvalue weighted by Gasteiger charge is -2.17. The van der Waals surface area contributed by atoms with Gasteiger partial charge in [-0.1, -0.05) is 30.3 Å². The first-order chi connectivity index (χ1) is 11.6. The van der Waals surface area contributed by atoms with Gasteiger partial charge in [-0.3, -0.25) is 4.79 Å². The zero-order valence-electron chi connectivity index (χ0n) is 13.9. The molecule has 0 aliphatic rings. The molecule has 5 nitrogen and oxygen atoms in total. The highest BCUT2D eigenvalue weighted by atomic mass is 16.5. The monoisotopic (exact) mass is 325 g/mol. The summed E-state index contributed by atoms with van der Waals surface area (Å²) in [5, 5.41) is 0.836. The Morgan fingerprint density at radius 1 is 1.04 bits per heavy atom. The Bertz CT molecular complexity index is 869. The molecule has 0 N–H and O–H groups in total. The van der Waals surface area contributed by atoms with Crippen LogP contribution in [0, 0.1) is 0 Å². The fourth-order valence-electron chi connectivity index (χ4n) is 2.65. The summed E-state index contributed by atoms with van der Waals surface area (Å²) < 4.78 is 16.3. The molecular formula is C19H19NO4. The number of methoxy groups -OCH3 is 2. The number of nitrogens with zero attached hydrogens (tertiary/aromatic N) is 1. The van der Waals surface area contributed by atoms with Gasteiger partial charge < -0.3 is 18.8 Å². The van der Waals surface area contributed by atoms with Crippen molar-refractivity contribution < 1.29 is 18.7 Å². The molecule has 0 saturated heterocycles. The molecule has 0 aliphatic heterocycles. The zero-order valence-corrected chi connectivity index (χ0v) is 13.9. The molecule has 0 fully saturated rings. The summed E-state index contributed by atoms with van der Waals surface area (Å²) >= 11 is 0. The molecule has 3 rings (SSSR count). The van der Waals surface area contributed by atoms with Crippen molar-refractivity contribution in [3.8, 4) is 11.5 Å². The maximum absolute atomic E-state index is 12.7. The lowest BCUT2D eigenvalue weighted by molar-refractivity contribution is 0.0755. The van der Waals surface area contributed by atoms with Crippen molar-refractivity contribution in [2.75, 3.05) is 21.3 Å². The highest BCUT2D eigenvalue weighted by Gasteiger charge is 2.19. The molecular weight excluding hydrogens is 306 g/mol. The molecule has 1 heterocycles. The number of furan rings is 1. The minimum Gasteiger partial charge on any atom is -0.496 e. The van der Waals surface area contributed by atoms with Crippen LogP contribution in [-0.4, -0.2) is 32.1 Å². The third kappa shape index (κ3) is 2.93. The second-order valence-corrected chi connectivity index (χ2v) is 5.46. The molecule has 0 bridgehead atoms. The van der Waals surface area contributed by atoms with Crippen LogP contribution in [0.5, 0.6) is 11.5 Å². The van der Waals surface area contributed by atoms with Crippen molar-refractivity contribution in [3.63, 3.8) is 0 Å². The second-order valence-electron chi connectivity index (χ2n) is 5.46. The maximum atomic E-state index is 12.7. The number of hydrogen-bond acceptors (Lipinski definition) is 4. The van der Waals surface area contributed by atoms with Gasteiger partial charge >= 0.3 is 0 Å². The molecule has 0 aliphatic carbocycles. The number of benzene rings is 2. The van der Waals surface area contributed by atoms with Gasteiger partial charge in [-0.25, -0.2) is 0 Å². The first-order valence-corrected chi connectivity index (χ1v) is 7.58. The molecule has 124 valence electrons. The smallest absolute Gasteiger partial charge is 0.289 e. The van der Waals surface area contributed by atoms with Crippen LogP contribution in [0.4, 0.5) is 0 Å². The van der Waals surface area contributed by atoms with Crippen molar-refractivity contribution in [2.24, 2.45) is 0 Å². The van der Waals surface area contributed by atoms with Crippen LogP contribution in [-0.2, 0) is 6.54 Å². The highest BCUT2D eigenvalue weighted by Crippen LogP contribution is 2.29. The Morgan fingerprint density at radius 3 is 2.50 bits per heavy atom. The van der Waals surface area contributed by atoms with E-state index in [1.54, 1.807) is 38.3 Å². The summed E-state index contributed by atoms with van der Waals surface area (Å²) in [5.74, 6) is 1.45. The molecule has 0 radical (unpaired) electrons. The molecule has 0 saturated carbocycles. The summed E-state index contributed by atoms with van der Waals surface area (Å²) in [6.07, 6.45) is 0. The number of para-hydroxylation sites is 2. The summed E-state index contributed by atoms with van der Waals surface area (Å²) in [7, 11) is 4.93. The fourth-order valence-corrected chi connectivity index (χ4v) is 2.65. The normalized spacial score (nSPS) is 10.6. The van der Waals surface area contributed by atoms with Crippen molar-refractivity contribution in [1.29, 1.82) is 0 Å². The van der Waals surface area contributed by atoms with Gasteiger partial charge in [0.25, 0.3) is 5.91 Å². The maximum Gasteiger partial charge on any atom is 0.289 e. The topological polar surface area (TPSA) is 51.9 Å². The second kappa shape index (κ2) is 6.66. The highest BCUT2D eigenvalue weighted by molar-refractivity contribution is 5.97. The predicted molar refractivity (Wildman–Crippen MR) is 91.6 cm³/mol. The van der Waals surface area contributed by atoms with Crippen LogP contribution in [0.2, 0.25) is 0 Å². The quantitative estimate of drug-likeness (QED) is 0.717. The van der Waals surface area contributed by atoms with E-state index in [-0.39, 0.29) is 11.7 Å². The SMILES string of the molecule is COc1ccccc1CN(C)C(=O)c1cc2cccc(OC)c2o1. The molecule has 0 spiro atoms. The van der Waals surface area contributed by atoms with Crippen LogP contribution >= 0.6 is 0 Å². The summed E-state index contributed by atoms with van der Waals surface area (Å²) in [6, 6.07) is 14.9. The van der Waals surface area contributed by atoms with Crippen molar-refractivity contribution in [3.05, 3.63) is 59.9 Å². The Balaban J connectivity index is 1.86. The number of carbonyl (C=O) groups excluding carboxylic acids is 1. The molecule has 1 aromatic heterocycles.